The monoisotopic (exact) mass is 432 g/mol. The molecule has 1 aliphatic heterocycles. The molecule has 1 aliphatic rings. The third kappa shape index (κ3) is 5.65. The first-order valence-corrected chi connectivity index (χ1v) is 11.1. The number of hydrogen-bond donors (Lipinski definition) is 2. The molecule has 166 valence electrons. The van der Waals surface area contributed by atoms with Crippen LogP contribution < -0.4 is 15.5 Å². The summed E-state index contributed by atoms with van der Waals surface area (Å²) in [4.78, 5) is 17.0. The predicted octanol–water partition coefficient (Wildman–Crippen LogP) is 4.04. The van der Waals surface area contributed by atoms with Crippen molar-refractivity contribution in [2.45, 2.75) is 6.04 Å². The van der Waals surface area contributed by atoms with E-state index in [1.807, 2.05) is 72.8 Å². The van der Waals surface area contributed by atoms with Gasteiger partial charge in [0.25, 0.3) is 0 Å². The molecule has 0 spiro atoms. The summed E-state index contributed by atoms with van der Waals surface area (Å²) in [5, 5.41) is 6.09. The van der Waals surface area contributed by atoms with Crippen molar-refractivity contribution in [1.82, 2.24) is 15.5 Å². The Bertz CT molecular complexity index is 951. The van der Waals surface area contributed by atoms with Crippen molar-refractivity contribution in [2.75, 3.05) is 44.2 Å². The maximum atomic E-state index is 14.0. The molecule has 6 heteroatoms. The van der Waals surface area contributed by atoms with Crippen LogP contribution in [0.1, 0.15) is 17.2 Å². The van der Waals surface area contributed by atoms with Gasteiger partial charge in [-0.3, -0.25) is 4.90 Å². The van der Waals surface area contributed by atoms with E-state index in [1.165, 1.54) is 6.07 Å². The Morgan fingerprint density at radius 1 is 0.812 bits per heavy atom. The van der Waals surface area contributed by atoms with Crippen LogP contribution in [0.3, 0.4) is 0 Å². The zero-order valence-corrected chi connectivity index (χ0v) is 18.1. The summed E-state index contributed by atoms with van der Waals surface area (Å²) in [6, 6.07) is 26.5. The highest BCUT2D eigenvalue weighted by Gasteiger charge is 2.20. The van der Waals surface area contributed by atoms with Crippen molar-refractivity contribution >= 4 is 11.7 Å². The summed E-state index contributed by atoms with van der Waals surface area (Å²) in [5.41, 5.74) is 2.74. The van der Waals surface area contributed by atoms with Crippen LogP contribution in [0.2, 0.25) is 0 Å². The van der Waals surface area contributed by atoms with Gasteiger partial charge in [0.1, 0.15) is 5.82 Å². The van der Waals surface area contributed by atoms with E-state index in [4.69, 9.17) is 0 Å². The molecule has 4 rings (SSSR count). The lowest BCUT2D eigenvalue weighted by Crippen LogP contribution is -2.49. The Labute approximate surface area is 188 Å². The van der Waals surface area contributed by atoms with Crippen LogP contribution in [-0.4, -0.2) is 50.2 Å². The first-order chi connectivity index (χ1) is 15.7. The topological polar surface area (TPSA) is 47.6 Å². The molecule has 1 heterocycles. The molecule has 0 atom stereocenters. The fourth-order valence-electron chi connectivity index (χ4n) is 4.08. The minimum atomic E-state index is -0.207. The van der Waals surface area contributed by atoms with Crippen LogP contribution in [0, 0.1) is 5.82 Å². The SMILES string of the molecule is O=C(NCCN1CCN(c2ccccc2F)CC1)NC(c1ccccc1)c1ccccc1. The summed E-state index contributed by atoms with van der Waals surface area (Å²) < 4.78 is 14.0. The zero-order chi connectivity index (χ0) is 22.2. The van der Waals surface area contributed by atoms with Gasteiger partial charge in [0.05, 0.1) is 11.7 Å². The molecular weight excluding hydrogens is 403 g/mol. The lowest BCUT2D eigenvalue weighted by Gasteiger charge is -2.36. The summed E-state index contributed by atoms with van der Waals surface area (Å²) in [5.74, 6) is -0.175. The number of anilines is 1. The van der Waals surface area contributed by atoms with Gasteiger partial charge < -0.3 is 15.5 Å². The van der Waals surface area contributed by atoms with Crippen molar-refractivity contribution in [2.24, 2.45) is 0 Å². The molecule has 0 aromatic heterocycles. The standard InChI is InChI=1S/C26H29FN4O/c27-23-13-7-8-14-24(23)31-19-17-30(18-20-31)16-15-28-26(32)29-25(21-9-3-1-4-10-21)22-11-5-2-6-12-22/h1-14,25H,15-20H2,(H2,28,29,32). The van der Waals surface area contributed by atoms with Gasteiger partial charge in [-0.05, 0) is 23.3 Å². The van der Waals surface area contributed by atoms with E-state index in [0.29, 0.717) is 12.2 Å². The maximum Gasteiger partial charge on any atom is 0.315 e. The average molecular weight is 433 g/mol. The molecule has 0 bridgehead atoms. The minimum absolute atomic E-state index is 0.175. The second-order valence-electron chi connectivity index (χ2n) is 7.93. The van der Waals surface area contributed by atoms with E-state index < -0.39 is 0 Å². The van der Waals surface area contributed by atoms with Gasteiger partial charge >= 0.3 is 6.03 Å². The lowest BCUT2D eigenvalue weighted by molar-refractivity contribution is 0.230. The molecule has 1 saturated heterocycles. The van der Waals surface area contributed by atoms with Crippen LogP contribution in [0.4, 0.5) is 14.9 Å². The molecule has 2 N–H and O–H groups in total. The van der Waals surface area contributed by atoms with Crippen LogP contribution >= 0.6 is 0 Å². The molecular formula is C26H29FN4O. The van der Waals surface area contributed by atoms with Crippen molar-refractivity contribution in [3.8, 4) is 0 Å². The summed E-state index contributed by atoms with van der Waals surface area (Å²) >= 11 is 0. The predicted molar refractivity (Wildman–Crippen MR) is 126 cm³/mol. The second kappa shape index (κ2) is 10.8. The number of urea groups is 1. The first-order valence-electron chi connectivity index (χ1n) is 11.1. The van der Waals surface area contributed by atoms with Gasteiger partial charge in [-0.15, -0.1) is 0 Å². The quantitative estimate of drug-likeness (QED) is 0.593. The molecule has 3 aromatic rings. The summed E-state index contributed by atoms with van der Waals surface area (Å²) in [6.45, 7) is 4.55. The van der Waals surface area contributed by atoms with Crippen LogP contribution in [0.25, 0.3) is 0 Å². The zero-order valence-electron chi connectivity index (χ0n) is 18.1. The third-order valence-corrected chi connectivity index (χ3v) is 5.82. The molecule has 5 nitrogen and oxygen atoms in total. The summed E-state index contributed by atoms with van der Waals surface area (Å²) in [6.07, 6.45) is 0. The number of carbonyl (C=O) groups is 1. The van der Waals surface area contributed by atoms with Gasteiger partial charge in [0.15, 0.2) is 0 Å². The number of rotatable bonds is 7. The molecule has 2 amide bonds. The fourth-order valence-corrected chi connectivity index (χ4v) is 4.08. The number of piperazine rings is 1. The molecule has 0 radical (unpaired) electrons. The second-order valence-corrected chi connectivity index (χ2v) is 7.93. The van der Waals surface area contributed by atoms with Crippen molar-refractivity contribution in [1.29, 1.82) is 0 Å². The molecule has 0 aliphatic carbocycles. The normalized spacial score (nSPS) is 14.4. The number of benzene rings is 3. The van der Waals surface area contributed by atoms with E-state index in [2.05, 4.69) is 20.4 Å². The number of nitrogens with zero attached hydrogens (tertiary/aromatic N) is 2. The minimum Gasteiger partial charge on any atom is -0.367 e. The number of halogens is 1. The Morgan fingerprint density at radius 2 is 1.38 bits per heavy atom. The van der Waals surface area contributed by atoms with Gasteiger partial charge in [0.2, 0.25) is 0 Å². The number of nitrogens with one attached hydrogen (secondary N) is 2. The highest BCUT2D eigenvalue weighted by atomic mass is 19.1. The number of amides is 2. The van der Waals surface area contributed by atoms with Crippen LogP contribution in [-0.2, 0) is 0 Å². The van der Waals surface area contributed by atoms with Crippen molar-refractivity contribution in [3.05, 3.63) is 102 Å². The van der Waals surface area contributed by atoms with Gasteiger partial charge in [-0.2, -0.15) is 0 Å². The number of para-hydroxylation sites is 1. The molecule has 0 saturated carbocycles. The van der Waals surface area contributed by atoms with Gasteiger partial charge in [-0.1, -0.05) is 72.8 Å². The van der Waals surface area contributed by atoms with E-state index in [0.717, 1.165) is 43.9 Å². The van der Waals surface area contributed by atoms with Crippen molar-refractivity contribution in [3.63, 3.8) is 0 Å². The third-order valence-electron chi connectivity index (χ3n) is 5.82. The van der Waals surface area contributed by atoms with E-state index in [9.17, 15) is 9.18 Å². The number of hydrogen-bond acceptors (Lipinski definition) is 3. The largest absolute Gasteiger partial charge is 0.367 e. The van der Waals surface area contributed by atoms with Crippen LogP contribution in [0.5, 0.6) is 0 Å². The van der Waals surface area contributed by atoms with E-state index in [1.54, 1.807) is 6.07 Å². The van der Waals surface area contributed by atoms with Crippen molar-refractivity contribution < 1.29 is 9.18 Å². The average Bonchev–Trinajstić information content (AvgIpc) is 2.84. The lowest BCUT2D eigenvalue weighted by atomic mass is 9.99. The van der Waals surface area contributed by atoms with Gasteiger partial charge in [-0.25, -0.2) is 9.18 Å². The fraction of sp³-hybridized carbons (Fsp3) is 0.269. The maximum absolute atomic E-state index is 14.0. The van der Waals surface area contributed by atoms with E-state index in [-0.39, 0.29) is 17.9 Å². The molecule has 0 unspecified atom stereocenters. The Hall–Kier alpha value is -3.38. The van der Waals surface area contributed by atoms with Gasteiger partial charge in [0, 0.05) is 39.3 Å². The first kappa shape index (κ1) is 21.8. The summed E-state index contributed by atoms with van der Waals surface area (Å²) in [7, 11) is 0. The van der Waals surface area contributed by atoms with E-state index >= 15 is 0 Å². The Kier molecular flexibility index (Phi) is 7.35. The Balaban J connectivity index is 1.25. The smallest absolute Gasteiger partial charge is 0.315 e. The molecule has 32 heavy (non-hydrogen) atoms. The molecule has 1 fully saturated rings. The molecule has 3 aromatic carbocycles. The Morgan fingerprint density at radius 3 is 1.97 bits per heavy atom. The number of carbonyl (C=O) groups excluding carboxylic acids is 1. The highest BCUT2D eigenvalue weighted by molar-refractivity contribution is 5.75. The van der Waals surface area contributed by atoms with Crippen LogP contribution in [0.15, 0.2) is 84.9 Å². The highest BCUT2D eigenvalue weighted by Crippen LogP contribution is 2.22.